The highest BCUT2D eigenvalue weighted by atomic mass is 32.2. The molecule has 0 saturated heterocycles. The van der Waals surface area contributed by atoms with Crippen LogP contribution in [-0.2, 0) is 39.0 Å². The number of hydrogen-bond donors (Lipinski definition) is 3. The van der Waals surface area contributed by atoms with Crippen molar-refractivity contribution in [3.8, 4) is 0 Å². The largest absolute Gasteiger partial charge is 0.396 e. The van der Waals surface area contributed by atoms with Crippen molar-refractivity contribution < 1.29 is 27.5 Å². The number of nitrogens with one attached hydrogen (secondary N) is 2. The highest BCUT2D eigenvalue weighted by Crippen LogP contribution is 2.23. The number of halogens is 1. The molecule has 41 heavy (non-hydrogen) atoms. The first kappa shape index (κ1) is 30.4. The number of aryl methyl sites for hydroxylation is 1. The van der Waals surface area contributed by atoms with Crippen molar-refractivity contribution in [3.63, 3.8) is 0 Å². The van der Waals surface area contributed by atoms with E-state index < -0.39 is 21.9 Å². The van der Waals surface area contributed by atoms with Crippen LogP contribution >= 0.6 is 0 Å². The van der Waals surface area contributed by atoms with E-state index in [0.717, 1.165) is 24.0 Å². The number of aliphatic hydroxyl groups is 1. The molecule has 1 fully saturated rings. The third kappa shape index (κ3) is 9.21. The molecule has 0 heterocycles. The lowest BCUT2D eigenvalue weighted by atomic mass is 10.0. The van der Waals surface area contributed by atoms with E-state index in [4.69, 9.17) is 5.11 Å². The molecular formula is C31H36FN3O5S. The number of benzene rings is 3. The number of carbonyl (C=O) groups excluding carboxylic acids is 2. The van der Waals surface area contributed by atoms with Gasteiger partial charge in [-0.2, -0.15) is 0 Å². The van der Waals surface area contributed by atoms with Crippen LogP contribution in [-0.4, -0.2) is 55.5 Å². The van der Waals surface area contributed by atoms with Crippen molar-refractivity contribution in [2.45, 2.75) is 62.0 Å². The zero-order chi connectivity index (χ0) is 29.2. The van der Waals surface area contributed by atoms with Gasteiger partial charge >= 0.3 is 0 Å². The minimum atomic E-state index is -3.57. The van der Waals surface area contributed by atoms with Crippen molar-refractivity contribution in [3.05, 3.63) is 101 Å². The summed E-state index contributed by atoms with van der Waals surface area (Å²) in [6.07, 6.45) is 2.79. The Morgan fingerprint density at radius 2 is 1.59 bits per heavy atom. The van der Waals surface area contributed by atoms with E-state index in [1.54, 1.807) is 24.3 Å². The molecule has 1 aliphatic carbocycles. The van der Waals surface area contributed by atoms with E-state index >= 15 is 0 Å². The van der Waals surface area contributed by atoms with Gasteiger partial charge in [0.05, 0.1) is 4.90 Å². The Hall–Kier alpha value is -3.60. The summed E-state index contributed by atoms with van der Waals surface area (Å²) in [7, 11) is -3.57. The number of amides is 2. The van der Waals surface area contributed by atoms with E-state index in [2.05, 4.69) is 10.0 Å². The Balaban J connectivity index is 1.53. The molecule has 10 heteroatoms. The van der Waals surface area contributed by atoms with E-state index in [9.17, 15) is 22.4 Å². The molecule has 1 saturated carbocycles. The van der Waals surface area contributed by atoms with Crippen molar-refractivity contribution in [2.75, 3.05) is 13.2 Å². The van der Waals surface area contributed by atoms with Crippen LogP contribution in [0.3, 0.4) is 0 Å². The summed E-state index contributed by atoms with van der Waals surface area (Å²) >= 11 is 0. The number of nitrogens with zero attached hydrogens (tertiary/aromatic N) is 1. The van der Waals surface area contributed by atoms with Crippen LogP contribution in [0.5, 0.6) is 0 Å². The predicted molar refractivity (Wildman–Crippen MR) is 154 cm³/mol. The van der Waals surface area contributed by atoms with Gasteiger partial charge in [0.1, 0.15) is 11.9 Å². The highest BCUT2D eigenvalue weighted by molar-refractivity contribution is 7.89. The van der Waals surface area contributed by atoms with Gasteiger partial charge in [0.25, 0.3) is 0 Å². The van der Waals surface area contributed by atoms with Crippen molar-refractivity contribution in [1.29, 1.82) is 0 Å². The maximum Gasteiger partial charge on any atom is 0.243 e. The van der Waals surface area contributed by atoms with Crippen LogP contribution in [0, 0.1) is 5.82 Å². The summed E-state index contributed by atoms with van der Waals surface area (Å²) in [6.45, 7) is 0.302. The average molecular weight is 582 g/mol. The normalized spacial score (nSPS) is 13.9. The second-order valence-corrected chi connectivity index (χ2v) is 12.0. The number of rotatable bonds is 15. The lowest BCUT2D eigenvalue weighted by Gasteiger charge is -2.31. The van der Waals surface area contributed by atoms with Gasteiger partial charge in [0.15, 0.2) is 0 Å². The molecule has 2 amide bonds. The molecule has 0 aromatic heterocycles. The third-order valence-electron chi connectivity index (χ3n) is 6.93. The molecule has 3 aromatic rings. The lowest BCUT2D eigenvalue weighted by molar-refractivity contribution is -0.141. The number of hydrogen-bond acceptors (Lipinski definition) is 5. The molecule has 1 unspecified atom stereocenters. The molecule has 1 atom stereocenters. The van der Waals surface area contributed by atoms with Crippen LogP contribution in [0.2, 0.25) is 0 Å². The average Bonchev–Trinajstić information content (AvgIpc) is 3.79. The summed E-state index contributed by atoms with van der Waals surface area (Å²) in [5.74, 6) is -0.998. The molecule has 3 aromatic carbocycles. The van der Waals surface area contributed by atoms with E-state index in [-0.39, 0.29) is 55.3 Å². The molecule has 4 rings (SSSR count). The van der Waals surface area contributed by atoms with Crippen LogP contribution in [0.4, 0.5) is 4.39 Å². The zero-order valence-electron chi connectivity index (χ0n) is 22.8. The maximum atomic E-state index is 13.7. The van der Waals surface area contributed by atoms with Crippen LogP contribution in [0.25, 0.3) is 0 Å². The summed E-state index contributed by atoms with van der Waals surface area (Å²) in [4.78, 5) is 28.8. The molecule has 0 spiro atoms. The molecule has 0 aliphatic heterocycles. The van der Waals surface area contributed by atoms with Gasteiger partial charge in [0, 0.05) is 38.6 Å². The first-order valence-electron chi connectivity index (χ1n) is 13.8. The quantitative estimate of drug-likeness (QED) is 0.238. The van der Waals surface area contributed by atoms with E-state index in [1.165, 1.54) is 29.2 Å². The molecule has 3 N–H and O–H groups in total. The van der Waals surface area contributed by atoms with Gasteiger partial charge in [0.2, 0.25) is 21.8 Å². The predicted octanol–water partition coefficient (Wildman–Crippen LogP) is 3.34. The van der Waals surface area contributed by atoms with Gasteiger partial charge in [-0.25, -0.2) is 17.5 Å². The fourth-order valence-electron chi connectivity index (χ4n) is 4.47. The van der Waals surface area contributed by atoms with Crippen molar-refractivity contribution in [1.82, 2.24) is 14.9 Å². The first-order valence-corrected chi connectivity index (χ1v) is 15.3. The first-order chi connectivity index (χ1) is 19.7. The fraction of sp³-hybridized carbons (Fsp3) is 0.355. The lowest BCUT2D eigenvalue weighted by Crippen LogP contribution is -2.50. The van der Waals surface area contributed by atoms with E-state index in [0.29, 0.717) is 18.4 Å². The number of sulfonamides is 1. The van der Waals surface area contributed by atoms with Crippen LogP contribution in [0.15, 0.2) is 83.8 Å². The third-order valence-corrected chi connectivity index (χ3v) is 8.47. The van der Waals surface area contributed by atoms with Gasteiger partial charge in [-0.15, -0.1) is 0 Å². The van der Waals surface area contributed by atoms with Crippen molar-refractivity contribution in [2.24, 2.45) is 0 Å². The summed E-state index contributed by atoms with van der Waals surface area (Å²) < 4.78 is 41.2. The Bertz CT molecular complexity index is 1400. The highest BCUT2D eigenvalue weighted by Gasteiger charge is 2.30. The standard InChI is InChI=1S/C31H36FN3O5S/c32-26-12-7-25(8-13-26)22-35(29(31(38)33-19-4-20-36)21-24-5-2-1-3-6-24)30(37)18-11-23-9-16-28(17-10-23)41(39,40)34-27-14-15-27/h1-3,5-10,12-13,16-17,27,29,34,36H,4,11,14-15,18-22H2,(H,33,38). The van der Waals surface area contributed by atoms with E-state index in [1.807, 2.05) is 30.3 Å². The molecular weight excluding hydrogens is 545 g/mol. The molecule has 0 radical (unpaired) electrons. The van der Waals surface area contributed by atoms with Gasteiger partial charge in [-0.1, -0.05) is 54.6 Å². The minimum absolute atomic E-state index is 0.00839. The summed E-state index contributed by atoms with van der Waals surface area (Å²) in [6, 6.07) is 20.8. The minimum Gasteiger partial charge on any atom is -0.396 e. The zero-order valence-corrected chi connectivity index (χ0v) is 23.7. The number of carbonyl (C=O) groups is 2. The van der Waals surface area contributed by atoms with Gasteiger partial charge in [-0.3, -0.25) is 9.59 Å². The van der Waals surface area contributed by atoms with Crippen LogP contribution < -0.4 is 10.0 Å². The second kappa shape index (κ2) is 14.3. The van der Waals surface area contributed by atoms with Gasteiger partial charge in [-0.05, 0) is 66.6 Å². The Morgan fingerprint density at radius 1 is 0.927 bits per heavy atom. The monoisotopic (exact) mass is 581 g/mol. The summed E-state index contributed by atoms with van der Waals surface area (Å²) in [5, 5.41) is 12.0. The molecule has 0 bridgehead atoms. The van der Waals surface area contributed by atoms with Crippen LogP contribution in [0.1, 0.15) is 42.4 Å². The Kier molecular flexibility index (Phi) is 10.6. The van der Waals surface area contributed by atoms with Crippen molar-refractivity contribution >= 4 is 21.8 Å². The second-order valence-electron chi connectivity index (χ2n) is 10.3. The Labute approximate surface area is 240 Å². The summed E-state index contributed by atoms with van der Waals surface area (Å²) in [5.41, 5.74) is 2.35. The molecule has 8 nitrogen and oxygen atoms in total. The molecule has 218 valence electrons. The molecule has 1 aliphatic rings. The maximum absolute atomic E-state index is 13.7. The Morgan fingerprint density at radius 3 is 2.22 bits per heavy atom. The smallest absolute Gasteiger partial charge is 0.243 e. The number of aliphatic hydroxyl groups excluding tert-OH is 1. The van der Waals surface area contributed by atoms with Gasteiger partial charge < -0.3 is 15.3 Å². The SMILES string of the molecule is O=C(NCCCO)C(Cc1ccccc1)N(Cc1ccc(F)cc1)C(=O)CCc1ccc(S(=O)(=O)NC2CC2)cc1. The fourth-order valence-corrected chi connectivity index (χ4v) is 5.77. The topological polar surface area (TPSA) is 116 Å².